The Morgan fingerprint density at radius 3 is 1.03 bits per heavy atom. The highest BCUT2D eigenvalue weighted by Gasteiger charge is 2.41. The van der Waals surface area contributed by atoms with Crippen molar-refractivity contribution in [2.24, 2.45) is 11.8 Å². The van der Waals surface area contributed by atoms with Crippen molar-refractivity contribution >= 4 is 0 Å². The molecule has 38 heavy (non-hydrogen) atoms. The lowest BCUT2D eigenvalue weighted by atomic mass is 9.86. The fourth-order valence-electron chi connectivity index (χ4n) is 7.11. The summed E-state index contributed by atoms with van der Waals surface area (Å²) in [7, 11) is 0. The highest BCUT2D eigenvalue weighted by atomic mass is 15.3. The number of nitrogens with zero attached hydrogens (tertiary/aromatic N) is 5. The van der Waals surface area contributed by atoms with Crippen LogP contribution in [0.1, 0.15) is 109 Å². The molecule has 0 aliphatic carbocycles. The van der Waals surface area contributed by atoms with E-state index in [9.17, 15) is 0 Å². The molecule has 0 spiro atoms. The number of rotatable bonds is 6. The van der Waals surface area contributed by atoms with Gasteiger partial charge in [0.25, 0.3) is 0 Å². The van der Waals surface area contributed by atoms with Gasteiger partial charge in [0.1, 0.15) is 0 Å². The standard InChI is InChI=1S/C12H24N2.C11H23N.C10H22N2/c1-9(2)13-7-11-5-6-12(8-13)14(11)10(3)4;2*1-9(2)11-5-7-12(8-6-11)10(3)4/h9-12H,5-8H2,1-4H3;9-11H,5-8H2,1-4H3;9-10H,5-8H2,1-4H3. The number of piperazine rings is 2. The van der Waals surface area contributed by atoms with E-state index in [-0.39, 0.29) is 0 Å². The number of hydrogen-bond acceptors (Lipinski definition) is 5. The summed E-state index contributed by atoms with van der Waals surface area (Å²) in [6.07, 6.45) is 5.67. The second kappa shape index (κ2) is 16.3. The minimum atomic E-state index is 0.722. The maximum absolute atomic E-state index is 2.75. The average Bonchev–Trinajstić information content (AvgIpc) is 3.14. The molecule has 5 heteroatoms. The molecule has 4 aliphatic heterocycles. The van der Waals surface area contributed by atoms with Crippen molar-refractivity contribution in [3.63, 3.8) is 0 Å². The molecule has 5 nitrogen and oxygen atoms in total. The summed E-state index contributed by atoms with van der Waals surface area (Å²) in [4.78, 5) is 13.1. The van der Waals surface area contributed by atoms with Crippen molar-refractivity contribution in [1.82, 2.24) is 24.5 Å². The predicted molar refractivity (Wildman–Crippen MR) is 168 cm³/mol. The first-order chi connectivity index (χ1) is 17.8. The van der Waals surface area contributed by atoms with Crippen molar-refractivity contribution in [2.75, 3.05) is 52.4 Å². The van der Waals surface area contributed by atoms with Gasteiger partial charge in [-0.15, -0.1) is 0 Å². The molecule has 4 fully saturated rings. The maximum Gasteiger partial charge on any atom is 0.0230 e. The van der Waals surface area contributed by atoms with E-state index in [2.05, 4.69) is 108 Å². The zero-order chi connectivity index (χ0) is 28.6. The summed E-state index contributed by atoms with van der Waals surface area (Å²) in [6.45, 7) is 38.0. The van der Waals surface area contributed by atoms with Crippen LogP contribution in [0.3, 0.4) is 0 Å². The fraction of sp³-hybridized carbons (Fsp3) is 1.00. The smallest absolute Gasteiger partial charge is 0.0230 e. The Bertz CT molecular complexity index is 537. The summed E-state index contributed by atoms with van der Waals surface area (Å²) in [5, 5.41) is 0. The Kier molecular flexibility index (Phi) is 14.6. The first-order valence-electron chi connectivity index (χ1n) is 16.5. The number of hydrogen-bond donors (Lipinski definition) is 0. The molecule has 226 valence electrons. The topological polar surface area (TPSA) is 16.2 Å². The van der Waals surface area contributed by atoms with E-state index in [0.29, 0.717) is 0 Å². The molecule has 2 unspecified atom stereocenters. The minimum absolute atomic E-state index is 0.722. The zero-order valence-electron chi connectivity index (χ0n) is 27.9. The molecule has 0 N–H and O–H groups in total. The number of likely N-dealkylation sites (tertiary alicyclic amines) is 2. The maximum atomic E-state index is 2.75. The van der Waals surface area contributed by atoms with Gasteiger partial charge in [0.2, 0.25) is 0 Å². The molecule has 4 rings (SSSR count). The normalized spacial score (nSPS) is 27.0. The lowest BCUT2D eigenvalue weighted by Crippen LogP contribution is -2.57. The van der Waals surface area contributed by atoms with Crippen LogP contribution in [0.15, 0.2) is 0 Å². The quantitative estimate of drug-likeness (QED) is 0.405. The number of fused-ring (bicyclic) bond motifs is 2. The van der Waals surface area contributed by atoms with Crippen LogP contribution in [0, 0.1) is 11.8 Å². The van der Waals surface area contributed by atoms with Crippen molar-refractivity contribution in [2.45, 2.75) is 151 Å². The first kappa shape index (κ1) is 34.0. The zero-order valence-corrected chi connectivity index (χ0v) is 27.9. The second-order valence-corrected chi connectivity index (χ2v) is 14.4. The van der Waals surface area contributed by atoms with Gasteiger partial charge in [-0.25, -0.2) is 0 Å². The van der Waals surface area contributed by atoms with E-state index in [1.165, 1.54) is 78.0 Å². The molecule has 4 heterocycles. The molecule has 0 aromatic carbocycles. The van der Waals surface area contributed by atoms with Gasteiger partial charge >= 0.3 is 0 Å². The van der Waals surface area contributed by atoms with E-state index in [4.69, 9.17) is 0 Å². The lowest BCUT2D eigenvalue weighted by Gasteiger charge is -2.44. The van der Waals surface area contributed by atoms with Gasteiger partial charge in [-0.1, -0.05) is 13.8 Å². The lowest BCUT2D eigenvalue weighted by molar-refractivity contribution is 0.0292. The first-order valence-corrected chi connectivity index (χ1v) is 16.5. The van der Waals surface area contributed by atoms with E-state index in [1.54, 1.807) is 0 Å². The van der Waals surface area contributed by atoms with Crippen molar-refractivity contribution < 1.29 is 0 Å². The Balaban J connectivity index is 0.000000201. The van der Waals surface area contributed by atoms with E-state index in [1.807, 2.05) is 0 Å². The summed E-state index contributed by atoms with van der Waals surface area (Å²) in [6, 6.07) is 5.35. The van der Waals surface area contributed by atoms with Gasteiger partial charge in [-0.3, -0.25) is 19.6 Å². The molecule has 4 aliphatic rings. The third kappa shape index (κ3) is 10.3. The van der Waals surface area contributed by atoms with Gasteiger partial charge in [0.15, 0.2) is 0 Å². The highest BCUT2D eigenvalue weighted by Crippen LogP contribution is 2.32. The van der Waals surface area contributed by atoms with Crippen LogP contribution in [0.2, 0.25) is 0 Å². The van der Waals surface area contributed by atoms with Crippen LogP contribution in [-0.4, -0.2) is 119 Å². The van der Waals surface area contributed by atoms with E-state index in [0.717, 1.165) is 54.1 Å². The molecular formula is C33H69N5. The van der Waals surface area contributed by atoms with E-state index >= 15 is 0 Å². The molecule has 2 bridgehead atoms. The molecule has 0 aromatic heterocycles. The third-order valence-electron chi connectivity index (χ3n) is 9.95. The molecule has 0 amide bonds. The monoisotopic (exact) mass is 536 g/mol. The van der Waals surface area contributed by atoms with Crippen molar-refractivity contribution in [3.8, 4) is 0 Å². The van der Waals surface area contributed by atoms with E-state index < -0.39 is 0 Å². The van der Waals surface area contributed by atoms with Gasteiger partial charge < -0.3 is 4.90 Å². The second-order valence-electron chi connectivity index (χ2n) is 14.4. The van der Waals surface area contributed by atoms with Gasteiger partial charge in [0.05, 0.1) is 0 Å². The molecule has 0 aromatic rings. The highest BCUT2D eigenvalue weighted by molar-refractivity contribution is 4.97. The predicted octanol–water partition coefficient (Wildman–Crippen LogP) is 6.14. The summed E-state index contributed by atoms with van der Waals surface area (Å²) in [5.74, 6) is 1.87. The van der Waals surface area contributed by atoms with Crippen LogP contribution < -0.4 is 0 Å². The molecule has 0 saturated carbocycles. The number of piperidine rings is 1. The summed E-state index contributed by atoms with van der Waals surface area (Å²) >= 11 is 0. The van der Waals surface area contributed by atoms with Crippen molar-refractivity contribution in [1.29, 1.82) is 0 Å². The molecular weight excluding hydrogens is 466 g/mol. The van der Waals surface area contributed by atoms with Crippen molar-refractivity contribution in [3.05, 3.63) is 0 Å². The Hall–Kier alpha value is -0.200. The minimum Gasteiger partial charge on any atom is -0.301 e. The summed E-state index contributed by atoms with van der Waals surface area (Å²) in [5.41, 5.74) is 0. The largest absolute Gasteiger partial charge is 0.301 e. The SMILES string of the molecule is CC(C)C1CCN(C(C)C)CC1.CC(C)N1CC2CCC(C1)N2C(C)C.CC(C)N1CCN(C(C)C)CC1. The Morgan fingerprint density at radius 2 is 0.737 bits per heavy atom. The summed E-state index contributed by atoms with van der Waals surface area (Å²) < 4.78 is 0. The third-order valence-corrected chi connectivity index (χ3v) is 9.95. The molecule has 2 atom stereocenters. The van der Waals surface area contributed by atoms with Crippen LogP contribution in [-0.2, 0) is 0 Å². The molecule has 4 saturated heterocycles. The van der Waals surface area contributed by atoms with Gasteiger partial charge in [0, 0.05) is 81.6 Å². The molecule has 0 radical (unpaired) electrons. The Labute approximate surface area is 239 Å². The van der Waals surface area contributed by atoms with Crippen LogP contribution in [0.4, 0.5) is 0 Å². The van der Waals surface area contributed by atoms with Gasteiger partial charge in [-0.05, 0) is 120 Å². The van der Waals surface area contributed by atoms with Crippen LogP contribution >= 0.6 is 0 Å². The fourth-order valence-corrected chi connectivity index (χ4v) is 7.11. The van der Waals surface area contributed by atoms with Crippen LogP contribution in [0.25, 0.3) is 0 Å². The Morgan fingerprint density at radius 1 is 0.395 bits per heavy atom. The van der Waals surface area contributed by atoms with Gasteiger partial charge in [-0.2, -0.15) is 0 Å². The van der Waals surface area contributed by atoms with Crippen LogP contribution in [0.5, 0.6) is 0 Å². The average molecular weight is 536 g/mol.